The van der Waals surface area contributed by atoms with E-state index in [1.54, 1.807) is 0 Å². The lowest BCUT2D eigenvalue weighted by Crippen LogP contribution is -2.38. The molecule has 0 unspecified atom stereocenters. The summed E-state index contributed by atoms with van der Waals surface area (Å²) in [6.07, 6.45) is 2.26. The summed E-state index contributed by atoms with van der Waals surface area (Å²) in [4.78, 5) is 0. The van der Waals surface area contributed by atoms with Crippen molar-refractivity contribution in [3.05, 3.63) is 23.3 Å². The van der Waals surface area contributed by atoms with E-state index in [0.29, 0.717) is 17.1 Å². The Morgan fingerprint density at radius 3 is 2.53 bits per heavy atom. The molecule has 0 aromatic heterocycles. The molecular weight excluding hydrogens is 252 g/mol. The van der Waals surface area contributed by atoms with Gasteiger partial charge in [-0.25, -0.2) is 8.78 Å². The Balaban J connectivity index is 2.08. The third-order valence-electron chi connectivity index (χ3n) is 4.03. The third-order valence-corrected chi connectivity index (χ3v) is 4.03. The Morgan fingerprint density at radius 2 is 1.84 bits per heavy atom. The Morgan fingerprint density at radius 1 is 1.11 bits per heavy atom. The van der Waals surface area contributed by atoms with E-state index in [9.17, 15) is 8.78 Å². The minimum absolute atomic E-state index is 0.0466. The van der Waals surface area contributed by atoms with Gasteiger partial charge in [-0.1, -0.05) is 19.3 Å². The highest BCUT2D eigenvalue weighted by Crippen LogP contribution is 2.47. The molecule has 1 aromatic carbocycles. The van der Waals surface area contributed by atoms with Crippen LogP contribution < -0.4 is 15.2 Å². The number of nitrogens with two attached hydrogens (primary N) is 1. The second-order valence-corrected chi connectivity index (χ2v) is 5.32. The number of hydrogen-bond acceptors (Lipinski definition) is 3. The molecule has 1 fully saturated rings. The summed E-state index contributed by atoms with van der Waals surface area (Å²) < 4.78 is 36.6. The fourth-order valence-electron chi connectivity index (χ4n) is 2.98. The van der Waals surface area contributed by atoms with Gasteiger partial charge in [0, 0.05) is 16.7 Å². The van der Waals surface area contributed by atoms with Crippen LogP contribution in [0.1, 0.15) is 49.7 Å². The van der Waals surface area contributed by atoms with Crippen LogP contribution in [-0.2, 0) is 5.54 Å². The van der Waals surface area contributed by atoms with Gasteiger partial charge in [0.15, 0.2) is 11.5 Å². The van der Waals surface area contributed by atoms with Crippen LogP contribution in [-0.4, -0.2) is 6.79 Å². The van der Waals surface area contributed by atoms with Crippen molar-refractivity contribution in [3.8, 4) is 11.5 Å². The van der Waals surface area contributed by atoms with E-state index < -0.39 is 12.0 Å². The fraction of sp³-hybridized carbons (Fsp3) is 0.571. The van der Waals surface area contributed by atoms with Crippen LogP contribution in [0.15, 0.2) is 12.1 Å². The molecule has 19 heavy (non-hydrogen) atoms. The Hall–Kier alpha value is -1.36. The summed E-state index contributed by atoms with van der Waals surface area (Å²) in [5.41, 5.74) is 6.51. The molecular formula is C14H17F2NO2. The molecule has 2 aliphatic rings. The lowest BCUT2D eigenvalue weighted by Gasteiger charge is -2.34. The number of rotatable bonds is 2. The van der Waals surface area contributed by atoms with Crippen molar-refractivity contribution >= 4 is 0 Å². The highest BCUT2D eigenvalue weighted by molar-refractivity contribution is 5.54. The van der Waals surface area contributed by atoms with Gasteiger partial charge in [-0.05, 0) is 25.0 Å². The maximum atomic E-state index is 13.0. The van der Waals surface area contributed by atoms with E-state index in [2.05, 4.69) is 0 Å². The zero-order valence-electron chi connectivity index (χ0n) is 10.6. The van der Waals surface area contributed by atoms with E-state index in [1.807, 2.05) is 0 Å². The normalized spacial score (nSPS) is 20.8. The maximum Gasteiger partial charge on any atom is 0.263 e. The Labute approximate surface area is 110 Å². The first-order valence-electron chi connectivity index (χ1n) is 6.61. The first-order valence-corrected chi connectivity index (χ1v) is 6.61. The molecule has 1 heterocycles. The lowest BCUT2D eigenvalue weighted by atomic mass is 9.76. The monoisotopic (exact) mass is 269 g/mol. The number of ether oxygens (including phenoxy) is 2. The van der Waals surface area contributed by atoms with Gasteiger partial charge in [-0.3, -0.25) is 0 Å². The molecule has 1 aromatic rings. The molecule has 1 aliphatic carbocycles. The average Bonchev–Trinajstić information content (AvgIpc) is 2.86. The predicted molar refractivity (Wildman–Crippen MR) is 66.5 cm³/mol. The van der Waals surface area contributed by atoms with Gasteiger partial charge in [0.2, 0.25) is 6.79 Å². The van der Waals surface area contributed by atoms with Gasteiger partial charge in [0.05, 0.1) is 0 Å². The summed E-state index contributed by atoms with van der Waals surface area (Å²) >= 11 is 0. The average molecular weight is 269 g/mol. The van der Waals surface area contributed by atoms with E-state index in [-0.39, 0.29) is 12.4 Å². The van der Waals surface area contributed by atoms with Gasteiger partial charge in [-0.15, -0.1) is 0 Å². The van der Waals surface area contributed by atoms with Crippen LogP contribution >= 0.6 is 0 Å². The SMILES string of the molecule is NC1(c2cc(C(F)F)cc3c2OCO3)CCCCC1. The van der Waals surface area contributed by atoms with Crippen LogP contribution in [0.4, 0.5) is 8.78 Å². The van der Waals surface area contributed by atoms with Gasteiger partial charge in [-0.2, -0.15) is 0 Å². The van der Waals surface area contributed by atoms with E-state index in [4.69, 9.17) is 15.2 Å². The molecule has 5 heteroatoms. The quantitative estimate of drug-likeness (QED) is 0.894. The molecule has 0 spiro atoms. The summed E-state index contributed by atoms with van der Waals surface area (Å²) in [7, 11) is 0. The largest absolute Gasteiger partial charge is 0.454 e. The van der Waals surface area contributed by atoms with Crippen LogP contribution in [0.5, 0.6) is 11.5 Å². The highest BCUT2D eigenvalue weighted by Gasteiger charge is 2.36. The third kappa shape index (κ3) is 2.16. The van der Waals surface area contributed by atoms with Crippen molar-refractivity contribution in [1.29, 1.82) is 0 Å². The van der Waals surface area contributed by atoms with Gasteiger partial charge >= 0.3 is 0 Å². The van der Waals surface area contributed by atoms with Gasteiger partial charge in [0.1, 0.15) is 0 Å². The number of halogens is 2. The molecule has 0 atom stereocenters. The molecule has 1 aliphatic heterocycles. The molecule has 0 amide bonds. The molecule has 1 saturated carbocycles. The van der Waals surface area contributed by atoms with Crippen LogP contribution in [0.3, 0.4) is 0 Å². The van der Waals surface area contributed by atoms with E-state index >= 15 is 0 Å². The molecule has 2 N–H and O–H groups in total. The van der Waals surface area contributed by atoms with E-state index in [1.165, 1.54) is 12.1 Å². The molecule has 0 saturated heterocycles. The van der Waals surface area contributed by atoms with Gasteiger partial charge < -0.3 is 15.2 Å². The summed E-state index contributed by atoms with van der Waals surface area (Å²) in [5, 5.41) is 0. The fourth-order valence-corrected chi connectivity index (χ4v) is 2.98. The topological polar surface area (TPSA) is 44.5 Å². The van der Waals surface area contributed by atoms with E-state index in [0.717, 1.165) is 32.1 Å². The maximum absolute atomic E-state index is 13.0. The van der Waals surface area contributed by atoms with Crippen LogP contribution in [0.2, 0.25) is 0 Å². The first-order chi connectivity index (χ1) is 9.10. The highest BCUT2D eigenvalue weighted by atomic mass is 19.3. The number of hydrogen-bond donors (Lipinski definition) is 1. The first kappa shape index (κ1) is 12.7. The molecule has 0 radical (unpaired) electrons. The predicted octanol–water partition coefficient (Wildman–Crippen LogP) is 3.47. The minimum Gasteiger partial charge on any atom is -0.454 e. The van der Waals surface area contributed by atoms with Crippen molar-refractivity contribution in [1.82, 2.24) is 0 Å². The van der Waals surface area contributed by atoms with Crippen LogP contribution in [0, 0.1) is 0 Å². The number of benzene rings is 1. The number of alkyl halides is 2. The summed E-state index contributed by atoms with van der Waals surface area (Å²) in [6, 6.07) is 2.84. The summed E-state index contributed by atoms with van der Waals surface area (Å²) in [6.45, 7) is 0.0745. The molecule has 0 bridgehead atoms. The van der Waals surface area contributed by atoms with Crippen molar-refractivity contribution in [2.75, 3.05) is 6.79 Å². The number of fused-ring (bicyclic) bond motifs is 1. The minimum atomic E-state index is -2.53. The smallest absolute Gasteiger partial charge is 0.263 e. The molecule has 3 nitrogen and oxygen atoms in total. The van der Waals surface area contributed by atoms with Gasteiger partial charge in [0.25, 0.3) is 6.43 Å². The second-order valence-electron chi connectivity index (χ2n) is 5.32. The summed E-state index contributed by atoms with van der Waals surface area (Å²) in [5.74, 6) is 0.942. The van der Waals surface area contributed by atoms with Crippen molar-refractivity contribution in [2.45, 2.75) is 44.1 Å². The zero-order chi connectivity index (χ0) is 13.5. The Kier molecular flexibility index (Phi) is 3.09. The standard InChI is InChI=1S/C14H17F2NO2/c15-13(16)9-6-10(12-11(7-9)18-8-19-12)14(17)4-2-1-3-5-14/h6-7,13H,1-5,8,17H2. The zero-order valence-corrected chi connectivity index (χ0v) is 10.6. The molecule has 3 rings (SSSR count). The van der Waals surface area contributed by atoms with Crippen molar-refractivity contribution < 1.29 is 18.3 Å². The van der Waals surface area contributed by atoms with Crippen LogP contribution in [0.25, 0.3) is 0 Å². The second kappa shape index (κ2) is 4.63. The van der Waals surface area contributed by atoms with Crippen molar-refractivity contribution in [2.24, 2.45) is 5.73 Å². The lowest BCUT2D eigenvalue weighted by molar-refractivity contribution is 0.150. The molecule has 104 valence electrons. The Bertz CT molecular complexity index is 485. The van der Waals surface area contributed by atoms with Crippen molar-refractivity contribution in [3.63, 3.8) is 0 Å².